The van der Waals surface area contributed by atoms with Gasteiger partial charge in [-0.2, -0.15) is 0 Å². The molecule has 0 aliphatic carbocycles. The van der Waals surface area contributed by atoms with Crippen molar-refractivity contribution in [1.82, 2.24) is 15.5 Å². The van der Waals surface area contributed by atoms with E-state index < -0.39 is 0 Å². The molecular weight excluding hydrogens is 194 g/mol. The van der Waals surface area contributed by atoms with E-state index in [0.717, 1.165) is 10.0 Å². The third-order valence-corrected chi connectivity index (χ3v) is 3.48. The molecule has 1 rings (SSSR count). The molecule has 1 N–H and O–H groups in total. The smallest absolute Gasteiger partial charge is 0.122 e. The Labute approximate surface area is 89.9 Å². The molecule has 1 aromatic heterocycles. The second-order valence-corrected chi connectivity index (χ2v) is 5.22. The second-order valence-electron chi connectivity index (χ2n) is 4.01. The number of hydrogen-bond acceptors (Lipinski definition) is 4. The van der Waals surface area contributed by atoms with E-state index >= 15 is 0 Å². The van der Waals surface area contributed by atoms with Crippen LogP contribution in [0.4, 0.5) is 0 Å². The van der Waals surface area contributed by atoms with Crippen LogP contribution in [-0.4, -0.2) is 23.3 Å². The highest BCUT2D eigenvalue weighted by atomic mass is 32.1. The molecule has 0 fully saturated rings. The Bertz CT molecular complexity index is 283. The van der Waals surface area contributed by atoms with Gasteiger partial charge in [0.05, 0.1) is 0 Å². The summed E-state index contributed by atoms with van der Waals surface area (Å²) in [6.45, 7) is 8.66. The Morgan fingerprint density at radius 1 is 1.21 bits per heavy atom. The van der Waals surface area contributed by atoms with Crippen LogP contribution in [0.15, 0.2) is 0 Å². The molecule has 0 aliphatic rings. The summed E-state index contributed by atoms with van der Waals surface area (Å²) in [5.41, 5.74) is 0. The van der Waals surface area contributed by atoms with Crippen LogP contribution in [0.1, 0.15) is 36.7 Å². The molecule has 1 heterocycles. The van der Waals surface area contributed by atoms with E-state index in [1.165, 1.54) is 0 Å². The lowest BCUT2D eigenvalue weighted by molar-refractivity contribution is 0.392. The number of rotatable bonds is 4. The van der Waals surface area contributed by atoms with Crippen LogP contribution in [-0.2, 0) is 0 Å². The zero-order valence-electron chi connectivity index (χ0n) is 9.53. The number of nitrogens with one attached hydrogen (secondary N) is 1. The first kappa shape index (κ1) is 11.6. The highest BCUT2D eigenvalue weighted by Gasteiger charge is 2.24. The van der Waals surface area contributed by atoms with Gasteiger partial charge in [-0.05, 0) is 26.8 Å². The van der Waals surface area contributed by atoms with Gasteiger partial charge in [-0.1, -0.05) is 13.8 Å². The van der Waals surface area contributed by atoms with Crippen LogP contribution in [0.25, 0.3) is 0 Å². The van der Waals surface area contributed by atoms with Gasteiger partial charge in [0.1, 0.15) is 10.0 Å². The molecule has 0 aliphatic heterocycles. The molecule has 0 bridgehead atoms. The molecule has 2 unspecified atom stereocenters. The summed E-state index contributed by atoms with van der Waals surface area (Å²) in [7, 11) is 1.99. The van der Waals surface area contributed by atoms with Gasteiger partial charge >= 0.3 is 0 Å². The molecule has 0 amide bonds. The Morgan fingerprint density at radius 2 is 1.86 bits per heavy atom. The molecule has 0 saturated heterocycles. The summed E-state index contributed by atoms with van der Waals surface area (Å²) >= 11 is 1.71. The van der Waals surface area contributed by atoms with Gasteiger partial charge in [0.25, 0.3) is 0 Å². The summed E-state index contributed by atoms with van der Waals surface area (Å²) in [6, 6.07) is 0.447. The summed E-state index contributed by atoms with van der Waals surface area (Å²) in [5.74, 6) is 1.05. The third-order valence-electron chi connectivity index (χ3n) is 2.54. The topological polar surface area (TPSA) is 37.8 Å². The molecule has 80 valence electrons. The maximum atomic E-state index is 4.23. The molecule has 4 heteroatoms. The van der Waals surface area contributed by atoms with Crippen molar-refractivity contribution >= 4 is 11.3 Å². The van der Waals surface area contributed by atoms with Gasteiger partial charge in [-0.15, -0.1) is 21.5 Å². The Hall–Kier alpha value is -0.480. The Balaban J connectivity index is 2.88. The third kappa shape index (κ3) is 2.51. The van der Waals surface area contributed by atoms with Crippen LogP contribution in [0.2, 0.25) is 0 Å². The molecule has 0 radical (unpaired) electrons. The molecule has 0 saturated carbocycles. The average Bonchev–Trinajstić information content (AvgIpc) is 2.51. The predicted octanol–water partition coefficient (Wildman–Crippen LogP) is 2.19. The van der Waals surface area contributed by atoms with E-state index in [1.54, 1.807) is 11.3 Å². The van der Waals surface area contributed by atoms with Crippen molar-refractivity contribution < 1.29 is 0 Å². The van der Waals surface area contributed by atoms with Gasteiger partial charge in [0.2, 0.25) is 0 Å². The minimum Gasteiger partial charge on any atom is -0.317 e. The van der Waals surface area contributed by atoms with Crippen molar-refractivity contribution in [2.75, 3.05) is 7.05 Å². The minimum atomic E-state index is 0.447. The van der Waals surface area contributed by atoms with Gasteiger partial charge in [0, 0.05) is 12.0 Å². The van der Waals surface area contributed by atoms with Crippen LogP contribution in [0.5, 0.6) is 0 Å². The number of likely N-dealkylation sites (N-methyl/N-ethyl adjacent to an activating group) is 1. The average molecular weight is 213 g/mol. The number of nitrogens with zero attached hydrogens (tertiary/aromatic N) is 2. The fourth-order valence-corrected chi connectivity index (χ4v) is 2.78. The molecular formula is C10H19N3S. The summed E-state index contributed by atoms with van der Waals surface area (Å²) in [5, 5.41) is 13.8. The van der Waals surface area contributed by atoms with Crippen LogP contribution < -0.4 is 5.32 Å². The fraction of sp³-hybridized carbons (Fsp3) is 0.800. The van der Waals surface area contributed by atoms with Gasteiger partial charge in [0.15, 0.2) is 0 Å². The largest absolute Gasteiger partial charge is 0.317 e. The summed E-state index contributed by atoms with van der Waals surface area (Å²) < 4.78 is 0. The monoisotopic (exact) mass is 213 g/mol. The number of aromatic nitrogens is 2. The SMILES string of the molecule is CNC(C)C(c1nnc(C)s1)C(C)C. The van der Waals surface area contributed by atoms with Gasteiger partial charge < -0.3 is 5.32 Å². The molecule has 0 aromatic carbocycles. The molecule has 1 aromatic rings. The molecule has 14 heavy (non-hydrogen) atoms. The van der Waals surface area contributed by atoms with Crippen molar-refractivity contribution in [2.24, 2.45) is 5.92 Å². The van der Waals surface area contributed by atoms with Crippen LogP contribution >= 0.6 is 11.3 Å². The summed E-state index contributed by atoms with van der Waals surface area (Å²) in [6.07, 6.45) is 0. The van der Waals surface area contributed by atoms with Crippen molar-refractivity contribution in [3.63, 3.8) is 0 Å². The van der Waals surface area contributed by atoms with Crippen molar-refractivity contribution in [3.05, 3.63) is 10.0 Å². The lowest BCUT2D eigenvalue weighted by Crippen LogP contribution is -2.31. The first-order chi connectivity index (χ1) is 6.56. The standard InChI is InChI=1S/C10H19N3S/c1-6(2)9(7(3)11-5)10-13-12-8(4)14-10/h6-7,9,11H,1-5H3. The normalized spacial score (nSPS) is 15.9. The lowest BCUT2D eigenvalue weighted by Gasteiger charge is -2.24. The molecule has 0 spiro atoms. The first-order valence-electron chi connectivity index (χ1n) is 5.03. The highest BCUT2D eigenvalue weighted by molar-refractivity contribution is 7.11. The minimum absolute atomic E-state index is 0.447. The Kier molecular flexibility index (Phi) is 4.01. The lowest BCUT2D eigenvalue weighted by atomic mass is 9.90. The van der Waals surface area contributed by atoms with Crippen LogP contribution in [0.3, 0.4) is 0 Å². The second kappa shape index (κ2) is 4.84. The number of hydrogen-bond donors (Lipinski definition) is 1. The van der Waals surface area contributed by atoms with E-state index in [1.807, 2.05) is 14.0 Å². The van der Waals surface area contributed by atoms with E-state index in [-0.39, 0.29) is 0 Å². The van der Waals surface area contributed by atoms with Crippen LogP contribution in [0, 0.1) is 12.8 Å². The maximum Gasteiger partial charge on any atom is 0.122 e. The predicted molar refractivity (Wildman–Crippen MR) is 60.7 cm³/mol. The van der Waals surface area contributed by atoms with Crippen molar-refractivity contribution in [2.45, 2.75) is 39.7 Å². The van der Waals surface area contributed by atoms with Crippen molar-refractivity contribution in [1.29, 1.82) is 0 Å². The fourth-order valence-electron chi connectivity index (χ4n) is 1.70. The van der Waals surface area contributed by atoms with E-state index in [4.69, 9.17) is 0 Å². The first-order valence-corrected chi connectivity index (χ1v) is 5.85. The quantitative estimate of drug-likeness (QED) is 0.833. The van der Waals surface area contributed by atoms with Gasteiger partial charge in [-0.25, -0.2) is 0 Å². The zero-order valence-corrected chi connectivity index (χ0v) is 10.4. The zero-order chi connectivity index (χ0) is 10.7. The van der Waals surface area contributed by atoms with E-state index in [9.17, 15) is 0 Å². The van der Waals surface area contributed by atoms with Gasteiger partial charge in [-0.3, -0.25) is 0 Å². The van der Waals surface area contributed by atoms with Crippen molar-refractivity contribution in [3.8, 4) is 0 Å². The summed E-state index contributed by atoms with van der Waals surface area (Å²) in [4.78, 5) is 0. The Morgan fingerprint density at radius 3 is 2.21 bits per heavy atom. The highest BCUT2D eigenvalue weighted by Crippen LogP contribution is 2.29. The van der Waals surface area contributed by atoms with E-state index in [0.29, 0.717) is 17.9 Å². The maximum absolute atomic E-state index is 4.23. The molecule has 3 nitrogen and oxygen atoms in total. The number of aryl methyl sites for hydroxylation is 1. The van der Waals surface area contributed by atoms with E-state index in [2.05, 4.69) is 36.3 Å². The molecule has 2 atom stereocenters.